The maximum atomic E-state index is 13.2. The predicted molar refractivity (Wildman–Crippen MR) is 91.1 cm³/mol. The van der Waals surface area contributed by atoms with E-state index >= 15 is 0 Å². The van der Waals surface area contributed by atoms with Gasteiger partial charge in [0.25, 0.3) is 0 Å². The van der Waals surface area contributed by atoms with Gasteiger partial charge in [-0.1, -0.05) is 24.3 Å². The van der Waals surface area contributed by atoms with Crippen LogP contribution >= 0.6 is 0 Å². The molecule has 1 aromatic heterocycles. The van der Waals surface area contributed by atoms with Crippen LogP contribution in [0.15, 0.2) is 48.7 Å². The van der Waals surface area contributed by atoms with Gasteiger partial charge in [0, 0.05) is 30.1 Å². The number of carbonyl (C=O) groups excluding carboxylic acids is 1. The van der Waals surface area contributed by atoms with Gasteiger partial charge in [0.15, 0.2) is 11.6 Å². The molecule has 0 spiro atoms. The molecule has 0 atom stereocenters. The van der Waals surface area contributed by atoms with E-state index in [1.807, 2.05) is 24.4 Å². The van der Waals surface area contributed by atoms with E-state index in [0.717, 1.165) is 18.4 Å². The number of nitrogens with one attached hydrogen (secondary N) is 2. The standard InChI is InChI=1S/C19H19FN2O2/c20-16-10-13(8-9-18(16)23)11-22-19(24)7-3-4-14-12-21-17-6-2-1-5-15(14)17/h1-2,5-6,8-10,12,21,23H,3-4,7,11H2,(H,22,24). The van der Waals surface area contributed by atoms with Crippen LogP contribution in [0.25, 0.3) is 10.9 Å². The summed E-state index contributed by atoms with van der Waals surface area (Å²) in [6.07, 6.45) is 3.98. The number of carbonyl (C=O) groups is 1. The zero-order valence-corrected chi connectivity index (χ0v) is 13.2. The number of phenolic OH excluding ortho intramolecular Hbond substituents is 1. The monoisotopic (exact) mass is 326 g/mol. The molecule has 3 rings (SSSR count). The van der Waals surface area contributed by atoms with Gasteiger partial charge in [-0.05, 0) is 42.2 Å². The number of rotatable bonds is 6. The largest absolute Gasteiger partial charge is 0.505 e. The van der Waals surface area contributed by atoms with Gasteiger partial charge in [-0.25, -0.2) is 4.39 Å². The van der Waals surface area contributed by atoms with Crippen LogP contribution in [0.1, 0.15) is 24.0 Å². The molecule has 4 nitrogen and oxygen atoms in total. The Bertz CT molecular complexity index is 857. The van der Waals surface area contributed by atoms with E-state index in [0.29, 0.717) is 12.0 Å². The van der Waals surface area contributed by atoms with Crippen LogP contribution in [0.3, 0.4) is 0 Å². The van der Waals surface area contributed by atoms with Gasteiger partial charge in [-0.15, -0.1) is 0 Å². The lowest BCUT2D eigenvalue weighted by Crippen LogP contribution is -2.22. The molecule has 1 heterocycles. The SMILES string of the molecule is O=C(CCCc1c[nH]c2ccccc12)NCc1ccc(O)c(F)c1. The number of hydrogen-bond acceptors (Lipinski definition) is 2. The maximum absolute atomic E-state index is 13.2. The van der Waals surface area contributed by atoms with Crippen molar-refractivity contribution >= 4 is 16.8 Å². The number of aromatic hydroxyl groups is 1. The summed E-state index contributed by atoms with van der Waals surface area (Å²) in [5, 5.41) is 13.1. The van der Waals surface area contributed by atoms with Crippen molar-refractivity contribution in [2.45, 2.75) is 25.8 Å². The third kappa shape index (κ3) is 3.74. The molecule has 0 aliphatic carbocycles. The summed E-state index contributed by atoms with van der Waals surface area (Å²) in [7, 11) is 0. The van der Waals surface area contributed by atoms with E-state index in [-0.39, 0.29) is 18.2 Å². The molecule has 0 fully saturated rings. The fourth-order valence-electron chi connectivity index (χ4n) is 2.73. The molecule has 24 heavy (non-hydrogen) atoms. The quantitative estimate of drug-likeness (QED) is 0.647. The highest BCUT2D eigenvalue weighted by molar-refractivity contribution is 5.83. The molecule has 124 valence electrons. The number of fused-ring (bicyclic) bond motifs is 1. The Balaban J connectivity index is 1.46. The number of para-hydroxylation sites is 1. The molecule has 3 aromatic rings. The minimum Gasteiger partial charge on any atom is -0.505 e. The number of aryl methyl sites for hydroxylation is 1. The number of H-pyrrole nitrogens is 1. The molecule has 0 bridgehead atoms. The number of halogens is 1. The van der Waals surface area contributed by atoms with Crippen LogP contribution < -0.4 is 5.32 Å². The summed E-state index contributed by atoms with van der Waals surface area (Å²) in [6, 6.07) is 12.2. The lowest BCUT2D eigenvalue weighted by atomic mass is 10.1. The molecule has 0 saturated carbocycles. The van der Waals surface area contributed by atoms with Crippen molar-refractivity contribution in [2.24, 2.45) is 0 Å². The van der Waals surface area contributed by atoms with E-state index in [1.54, 1.807) is 6.07 Å². The number of hydrogen-bond donors (Lipinski definition) is 3. The van der Waals surface area contributed by atoms with Crippen molar-refractivity contribution in [1.29, 1.82) is 0 Å². The minimum absolute atomic E-state index is 0.0664. The Kier molecular flexibility index (Phi) is 4.79. The van der Waals surface area contributed by atoms with Gasteiger partial charge in [-0.2, -0.15) is 0 Å². The second kappa shape index (κ2) is 7.17. The van der Waals surface area contributed by atoms with Crippen LogP contribution in [-0.4, -0.2) is 16.0 Å². The van der Waals surface area contributed by atoms with Crippen LogP contribution in [0, 0.1) is 5.82 Å². The molecule has 1 amide bonds. The fourth-order valence-corrected chi connectivity index (χ4v) is 2.73. The van der Waals surface area contributed by atoms with Crippen molar-refractivity contribution in [3.8, 4) is 5.75 Å². The third-order valence-electron chi connectivity index (χ3n) is 4.03. The number of aromatic amines is 1. The molecule has 0 aliphatic rings. The van der Waals surface area contributed by atoms with E-state index in [9.17, 15) is 9.18 Å². The first-order valence-corrected chi connectivity index (χ1v) is 7.92. The van der Waals surface area contributed by atoms with Crippen molar-refractivity contribution in [3.63, 3.8) is 0 Å². The Morgan fingerprint density at radius 1 is 1.21 bits per heavy atom. The van der Waals surface area contributed by atoms with Crippen molar-refractivity contribution in [3.05, 3.63) is 65.6 Å². The second-order valence-electron chi connectivity index (χ2n) is 5.78. The van der Waals surface area contributed by atoms with Gasteiger partial charge in [0.05, 0.1) is 0 Å². The van der Waals surface area contributed by atoms with Crippen LogP contribution in [0.2, 0.25) is 0 Å². The molecule has 0 unspecified atom stereocenters. The van der Waals surface area contributed by atoms with E-state index in [4.69, 9.17) is 5.11 Å². The van der Waals surface area contributed by atoms with E-state index < -0.39 is 5.82 Å². The minimum atomic E-state index is -0.680. The van der Waals surface area contributed by atoms with Gasteiger partial charge in [0.2, 0.25) is 5.91 Å². The third-order valence-corrected chi connectivity index (χ3v) is 4.03. The maximum Gasteiger partial charge on any atom is 0.220 e. The average molecular weight is 326 g/mol. The molecule has 3 N–H and O–H groups in total. The summed E-state index contributed by atoms with van der Waals surface area (Å²) >= 11 is 0. The van der Waals surface area contributed by atoms with Gasteiger partial charge < -0.3 is 15.4 Å². The number of benzene rings is 2. The van der Waals surface area contributed by atoms with Crippen LogP contribution in [0.5, 0.6) is 5.75 Å². The van der Waals surface area contributed by atoms with Crippen molar-refractivity contribution in [1.82, 2.24) is 10.3 Å². The molecular weight excluding hydrogens is 307 g/mol. The summed E-state index contributed by atoms with van der Waals surface area (Å²) in [5.41, 5.74) is 2.93. The molecule has 0 saturated heterocycles. The number of amides is 1. The molecular formula is C19H19FN2O2. The summed E-state index contributed by atoms with van der Waals surface area (Å²) in [4.78, 5) is 15.1. The highest BCUT2D eigenvalue weighted by Crippen LogP contribution is 2.19. The topological polar surface area (TPSA) is 65.1 Å². The Labute approximate surface area is 139 Å². The van der Waals surface area contributed by atoms with Crippen LogP contribution in [0.4, 0.5) is 4.39 Å². The van der Waals surface area contributed by atoms with Gasteiger partial charge in [0.1, 0.15) is 0 Å². The van der Waals surface area contributed by atoms with Gasteiger partial charge >= 0.3 is 0 Å². The van der Waals surface area contributed by atoms with Crippen molar-refractivity contribution in [2.75, 3.05) is 0 Å². The number of aromatic nitrogens is 1. The molecule has 2 aromatic carbocycles. The molecule has 5 heteroatoms. The summed E-state index contributed by atoms with van der Waals surface area (Å²) in [6.45, 7) is 0.253. The fraction of sp³-hybridized carbons (Fsp3) is 0.211. The van der Waals surface area contributed by atoms with E-state index in [2.05, 4.69) is 16.4 Å². The summed E-state index contributed by atoms with van der Waals surface area (Å²) < 4.78 is 13.2. The average Bonchev–Trinajstić information content (AvgIpc) is 2.99. The van der Waals surface area contributed by atoms with Crippen LogP contribution in [-0.2, 0) is 17.8 Å². The molecule has 0 aliphatic heterocycles. The van der Waals surface area contributed by atoms with Crippen molar-refractivity contribution < 1.29 is 14.3 Å². The highest BCUT2D eigenvalue weighted by Gasteiger charge is 2.06. The van der Waals surface area contributed by atoms with Gasteiger partial charge in [-0.3, -0.25) is 4.79 Å². The highest BCUT2D eigenvalue weighted by atomic mass is 19.1. The zero-order chi connectivity index (χ0) is 16.9. The Hall–Kier alpha value is -2.82. The Morgan fingerprint density at radius 2 is 2.04 bits per heavy atom. The lowest BCUT2D eigenvalue weighted by molar-refractivity contribution is -0.121. The summed E-state index contributed by atoms with van der Waals surface area (Å²) in [5.74, 6) is -1.13. The first-order valence-electron chi connectivity index (χ1n) is 7.92. The van der Waals surface area contributed by atoms with E-state index in [1.165, 1.54) is 23.1 Å². The number of phenols is 1. The second-order valence-corrected chi connectivity index (χ2v) is 5.78. The zero-order valence-electron chi connectivity index (χ0n) is 13.2. The lowest BCUT2D eigenvalue weighted by Gasteiger charge is -2.06. The first kappa shape index (κ1) is 16.1. The Morgan fingerprint density at radius 3 is 2.88 bits per heavy atom. The molecule has 0 radical (unpaired) electrons. The first-order chi connectivity index (χ1) is 11.6. The smallest absolute Gasteiger partial charge is 0.220 e. The normalized spacial score (nSPS) is 10.9. The predicted octanol–water partition coefficient (Wildman–Crippen LogP) is 3.65.